The molecule has 40 valence electrons. The van der Waals surface area contributed by atoms with Crippen molar-refractivity contribution in [3.63, 3.8) is 0 Å². The maximum atomic E-state index is 9.65. The van der Waals surface area contributed by atoms with E-state index in [1.54, 1.807) is 0 Å². The molecule has 0 heterocycles. The zero-order valence-electron chi connectivity index (χ0n) is 3.37. The van der Waals surface area contributed by atoms with Gasteiger partial charge in [-0.25, -0.2) is 4.79 Å². The van der Waals surface area contributed by atoms with E-state index < -0.39 is 5.97 Å². The van der Waals surface area contributed by atoms with Gasteiger partial charge in [0.15, 0.2) is 12.8 Å². The summed E-state index contributed by atoms with van der Waals surface area (Å²) in [6, 6.07) is 0. The van der Waals surface area contributed by atoms with Crippen LogP contribution in [0.5, 0.6) is 0 Å². The summed E-state index contributed by atoms with van der Waals surface area (Å²) < 4.78 is 0.877. The van der Waals surface area contributed by atoms with E-state index in [0.717, 1.165) is 3.35 Å². The summed E-state index contributed by atoms with van der Waals surface area (Å²) in [4.78, 5) is 9.65. The fourth-order valence-electron chi connectivity index (χ4n) is 0.116. The second-order valence-electron chi connectivity index (χ2n) is 0.904. The van der Waals surface area contributed by atoms with Gasteiger partial charge in [-0.05, 0) is 0 Å². The van der Waals surface area contributed by atoms with Crippen molar-refractivity contribution in [2.75, 3.05) is 6.54 Å². The highest BCUT2D eigenvalue weighted by Gasteiger charge is 2.02. The number of hydrogen-bond acceptors (Lipinski definition) is 2. The first-order valence-electron chi connectivity index (χ1n) is 1.48. The maximum Gasteiger partial charge on any atom is 0.372 e. The summed E-state index contributed by atoms with van der Waals surface area (Å²) in [6.07, 6.45) is 0. The third-order valence-electron chi connectivity index (χ3n) is 0.271. The molecule has 0 aromatic carbocycles. The zero-order chi connectivity index (χ0) is 5.86. The molecule has 0 spiro atoms. The lowest BCUT2D eigenvalue weighted by atomic mass is 10.7. The molecule has 0 aromatic rings. The van der Waals surface area contributed by atoms with Crippen LogP contribution in [-0.4, -0.2) is 21.0 Å². The molecule has 5 heteroatoms. The van der Waals surface area contributed by atoms with Gasteiger partial charge in [-0.2, -0.15) is 0 Å². The fraction of sp³-hybridized carbons (Fsp3) is 0.500. The highest BCUT2D eigenvalue weighted by molar-refractivity contribution is 7.76. The molecule has 0 aliphatic carbocycles. The van der Waals surface area contributed by atoms with Gasteiger partial charge in [-0.15, -0.1) is 0 Å². The smallest absolute Gasteiger partial charge is 0.372 e. The van der Waals surface area contributed by atoms with E-state index in [0.29, 0.717) is 0 Å². The molecular formula is C2H4NO2S2+. The van der Waals surface area contributed by atoms with Gasteiger partial charge in [-0.3, -0.25) is 0 Å². The molecule has 0 aromatic heterocycles. The first kappa shape index (κ1) is 6.84. The summed E-state index contributed by atoms with van der Waals surface area (Å²) in [6.45, 7) is -0.210. The van der Waals surface area contributed by atoms with E-state index >= 15 is 0 Å². The van der Waals surface area contributed by atoms with E-state index in [1.807, 2.05) is 0 Å². The summed E-state index contributed by atoms with van der Waals surface area (Å²) in [5.74, 6) is -0.968. The summed E-state index contributed by atoms with van der Waals surface area (Å²) >= 11 is 7.78. The van der Waals surface area contributed by atoms with Crippen molar-refractivity contribution in [1.29, 1.82) is 0 Å². The lowest BCUT2D eigenvalue weighted by Crippen LogP contribution is -2.09. The van der Waals surface area contributed by atoms with Gasteiger partial charge in [0, 0.05) is 0 Å². The van der Waals surface area contributed by atoms with Crippen LogP contribution >= 0.6 is 12.8 Å². The number of aliphatic carboxylic acids is 1. The van der Waals surface area contributed by atoms with Gasteiger partial charge in [0.05, 0.1) is 0 Å². The van der Waals surface area contributed by atoms with Crippen LogP contribution < -0.4 is 0 Å². The molecule has 0 aliphatic rings. The quantitative estimate of drug-likeness (QED) is 0.405. The molecule has 0 unspecified atom stereocenters. The number of carbonyl (C=O) groups is 1. The van der Waals surface area contributed by atoms with Crippen LogP contribution in [0.1, 0.15) is 0 Å². The van der Waals surface area contributed by atoms with Crippen LogP contribution in [0, 0.1) is 0 Å². The predicted octanol–water partition coefficient (Wildman–Crippen LogP) is -0.341. The van der Waals surface area contributed by atoms with E-state index in [-0.39, 0.29) is 6.54 Å². The van der Waals surface area contributed by atoms with Gasteiger partial charge >= 0.3 is 5.97 Å². The fourth-order valence-corrected chi connectivity index (χ4v) is 0.347. The minimum Gasteiger partial charge on any atom is -0.477 e. The standard InChI is InChI=1S/C2H3NO2S2/c4-2(5)1-3(6)7/h1H2,(H-,4,5,6,7)/p+1. The lowest BCUT2D eigenvalue weighted by Gasteiger charge is -1.77. The third-order valence-corrected chi connectivity index (χ3v) is 0.541. The Morgan fingerprint density at radius 3 is 2.43 bits per heavy atom. The van der Waals surface area contributed by atoms with Crippen molar-refractivity contribution in [3.05, 3.63) is 0 Å². The molecule has 0 atom stereocenters. The van der Waals surface area contributed by atoms with Gasteiger partial charge in [0.1, 0.15) is 0 Å². The Labute approximate surface area is 51.7 Å². The third kappa shape index (κ3) is 5.84. The number of nitrogens with zero attached hydrogens (tertiary/aromatic N) is 1. The molecule has 0 saturated carbocycles. The van der Waals surface area contributed by atoms with Crippen LogP contribution in [0.3, 0.4) is 0 Å². The van der Waals surface area contributed by atoms with Crippen molar-refractivity contribution in [2.24, 2.45) is 0 Å². The Morgan fingerprint density at radius 1 is 2.00 bits per heavy atom. The summed E-state index contributed by atoms with van der Waals surface area (Å²) in [5.41, 5.74) is 0. The molecule has 0 radical (unpaired) electrons. The van der Waals surface area contributed by atoms with E-state index in [9.17, 15) is 4.79 Å². The van der Waals surface area contributed by atoms with Crippen LogP contribution in [-0.2, 0) is 17.2 Å². The first-order valence-corrected chi connectivity index (χ1v) is 2.25. The van der Waals surface area contributed by atoms with Crippen molar-refractivity contribution >= 4 is 31.2 Å². The van der Waals surface area contributed by atoms with Crippen molar-refractivity contribution in [3.8, 4) is 0 Å². The van der Waals surface area contributed by atoms with Crippen LogP contribution in [0.15, 0.2) is 0 Å². The van der Waals surface area contributed by atoms with Gasteiger partial charge < -0.3 is 5.11 Å². The molecule has 0 rings (SSSR count). The minimum atomic E-state index is -0.968. The Hall–Kier alpha value is -0.160. The molecule has 0 aliphatic heterocycles. The number of carboxylic acids is 1. The van der Waals surface area contributed by atoms with E-state index in [2.05, 4.69) is 25.2 Å². The normalized spacial score (nSPS) is 8.14. The maximum absolute atomic E-state index is 9.65. The van der Waals surface area contributed by atoms with E-state index in [4.69, 9.17) is 5.11 Å². The Kier molecular flexibility index (Phi) is 2.86. The monoisotopic (exact) mass is 138 g/mol. The Morgan fingerprint density at radius 2 is 2.43 bits per heavy atom. The Bertz CT molecular complexity index is 89.9. The second kappa shape index (κ2) is 2.92. The second-order valence-corrected chi connectivity index (χ2v) is 2.10. The number of carboxylic acid groups (broad SMARTS) is 1. The van der Waals surface area contributed by atoms with Crippen LogP contribution in [0.25, 0.3) is 0 Å². The highest BCUT2D eigenvalue weighted by Crippen LogP contribution is 1.74. The van der Waals surface area contributed by atoms with Gasteiger partial charge in [-0.1, -0.05) is 3.35 Å². The minimum absolute atomic E-state index is 0.210. The number of rotatable bonds is 2. The number of hydrogen-bond donors (Lipinski definition) is 2. The van der Waals surface area contributed by atoms with Crippen molar-refractivity contribution in [1.82, 2.24) is 0 Å². The molecule has 0 amide bonds. The topological polar surface area (TPSA) is 40.3 Å². The first-order chi connectivity index (χ1) is 3.13. The summed E-state index contributed by atoms with van der Waals surface area (Å²) in [7, 11) is 0. The predicted molar refractivity (Wildman–Crippen MR) is 29.1 cm³/mol. The van der Waals surface area contributed by atoms with Gasteiger partial charge in [0.25, 0.3) is 19.0 Å². The molecule has 7 heavy (non-hydrogen) atoms. The molecular weight excluding hydrogens is 134 g/mol. The van der Waals surface area contributed by atoms with Crippen LogP contribution in [0.4, 0.5) is 0 Å². The van der Waals surface area contributed by atoms with Crippen molar-refractivity contribution < 1.29 is 13.3 Å². The molecule has 0 bridgehead atoms. The highest BCUT2D eigenvalue weighted by atomic mass is 32.2. The molecule has 1 N–H and O–H groups in total. The largest absolute Gasteiger partial charge is 0.477 e. The SMILES string of the molecule is O=C(O)C[N+](=S)S. The summed E-state index contributed by atoms with van der Waals surface area (Å²) in [5, 5.41) is 7.93. The molecule has 0 fully saturated rings. The van der Waals surface area contributed by atoms with E-state index in [1.165, 1.54) is 0 Å². The average molecular weight is 138 g/mol. The number of thiol groups is 1. The van der Waals surface area contributed by atoms with Gasteiger partial charge in [0.2, 0.25) is 0 Å². The van der Waals surface area contributed by atoms with Crippen molar-refractivity contribution in [2.45, 2.75) is 0 Å². The van der Waals surface area contributed by atoms with Crippen LogP contribution in [0.2, 0.25) is 0 Å². The molecule has 0 saturated heterocycles. The zero-order valence-corrected chi connectivity index (χ0v) is 5.08. The lowest BCUT2D eigenvalue weighted by molar-refractivity contribution is -0.303. The molecule has 3 nitrogen and oxygen atoms in total. The average Bonchev–Trinajstić information content (AvgIpc) is 1.27. The Balaban J connectivity index is 3.32.